The van der Waals surface area contributed by atoms with Crippen LogP contribution in [0.1, 0.15) is 41.9 Å². The Hall–Kier alpha value is -2.21. The number of fused-ring (bicyclic) bond motifs is 2. The SMILES string of the molecule is Cn1ccnc1C1(O)CC2CCC(C1)N2C(=O)c1ccc(F)cc1. The van der Waals surface area contributed by atoms with Crippen LogP contribution in [-0.4, -0.2) is 37.5 Å². The molecule has 1 N–H and O–H groups in total. The zero-order valence-electron chi connectivity index (χ0n) is 13.5. The fourth-order valence-corrected chi connectivity index (χ4v) is 4.29. The number of hydrogen-bond donors (Lipinski definition) is 1. The Morgan fingerprint density at radius 1 is 1.25 bits per heavy atom. The van der Waals surface area contributed by atoms with Crippen molar-refractivity contribution < 1.29 is 14.3 Å². The molecule has 24 heavy (non-hydrogen) atoms. The van der Waals surface area contributed by atoms with E-state index >= 15 is 0 Å². The van der Waals surface area contributed by atoms with E-state index in [0.717, 1.165) is 12.8 Å². The summed E-state index contributed by atoms with van der Waals surface area (Å²) in [7, 11) is 1.87. The van der Waals surface area contributed by atoms with Crippen LogP contribution in [0.4, 0.5) is 4.39 Å². The second-order valence-electron chi connectivity index (χ2n) is 6.91. The minimum absolute atomic E-state index is 0.0111. The van der Waals surface area contributed by atoms with E-state index in [1.165, 1.54) is 24.3 Å². The van der Waals surface area contributed by atoms with Gasteiger partial charge in [0.25, 0.3) is 5.91 Å². The second kappa shape index (κ2) is 5.41. The Kier molecular flexibility index (Phi) is 3.46. The molecule has 2 fully saturated rings. The highest BCUT2D eigenvalue weighted by Gasteiger charge is 2.51. The van der Waals surface area contributed by atoms with Gasteiger partial charge in [-0.1, -0.05) is 0 Å². The van der Waals surface area contributed by atoms with Crippen molar-refractivity contribution >= 4 is 5.91 Å². The summed E-state index contributed by atoms with van der Waals surface area (Å²) >= 11 is 0. The summed E-state index contributed by atoms with van der Waals surface area (Å²) in [6.07, 6.45) is 6.24. The maximum absolute atomic E-state index is 13.1. The Labute approximate surface area is 139 Å². The van der Waals surface area contributed by atoms with Crippen LogP contribution in [0.5, 0.6) is 0 Å². The number of carbonyl (C=O) groups excluding carboxylic acids is 1. The number of amides is 1. The molecule has 0 saturated carbocycles. The van der Waals surface area contributed by atoms with Gasteiger partial charge in [-0.2, -0.15) is 0 Å². The summed E-state index contributed by atoms with van der Waals surface area (Å²) in [6, 6.07) is 5.64. The molecule has 4 rings (SSSR count). The summed E-state index contributed by atoms with van der Waals surface area (Å²) in [4.78, 5) is 19.0. The van der Waals surface area contributed by atoms with E-state index < -0.39 is 5.60 Å². The summed E-state index contributed by atoms with van der Waals surface area (Å²) in [5, 5.41) is 11.1. The van der Waals surface area contributed by atoms with Crippen molar-refractivity contribution in [3.8, 4) is 0 Å². The molecule has 2 bridgehead atoms. The van der Waals surface area contributed by atoms with Crippen LogP contribution >= 0.6 is 0 Å². The first-order valence-electron chi connectivity index (χ1n) is 8.26. The van der Waals surface area contributed by atoms with Crippen LogP contribution in [-0.2, 0) is 12.6 Å². The summed E-state index contributed by atoms with van der Waals surface area (Å²) in [6.45, 7) is 0. The van der Waals surface area contributed by atoms with Crippen LogP contribution in [0.2, 0.25) is 0 Å². The van der Waals surface area contributed by atoms with Gasteiger partial charge in [-0.15, -0.1) is 0 Å². The molecule has 1 aromatic carbocycles. The zero-order valence-corrected chi connectivity index (χ0v) is 13.5. The lowest BCUT2D eigenvalue weighted by Gasteiger charge is -2.43. The van der Waals surface area contributed by atoms with Gasteiger partial charge in [0.05, 0.1) is 0 Å². The molecule has 2 atom stereocenters. The van der Waals surface area contributed by atoms with Crippen LogP contribution in [0.25, 0.3) is 0 Å². The third kappa shape index (κ3) is 2.33. The largest absolute Gasteiger partial charge is 0.382 e. The third-order valence-electron chi connectivity index (χ3n) is 5.33. The number of rotatable bonds is 2. The number of hydrogen-bond acceptors (Lipinski definition) is 3. The number of piperidine rings is 1. The predicted octanol–water partition coefficient (Wildman–Crippen LogP) is 2.21. The monoisotopic (exact) mass is 329 g/mol. The van der Waals surface area contributed by atoms with Crippen molar-refractivity contribution in [1.29, 1.82) is 0 Å². The number of nitrogens with zero attached hydrogens (tertiary/aromatic N) is 3. The highest BCUT2D eigenvalue weighted by molar-refractivity contribution is 5.95. The first-order chi connectivity index (χ1) is 11.5. The molecule has 2 aliphatic heterocycles. The number of aliphatic hydroxyl groups is 1. The van der Waals surface area contributed by atoms with Gasteiger partial charge in [-0.25, -0.2) is 9.37 Å². The quantitative estimate of drug-likeness (QED) is 0.919. The Balaban J connectivity index is 1.60. The van der Waals surface area contributed by atoms with Crippen LogP contribution in [0, 0.1) is 5.82 Å². The lowest BCUT2D eigenvalue weighted by atomic mass is 9.85. The number of carbonyl (C=O) groups is 1. The molecule has 1 amide bonds. The Morgan fingerprint density at radius 2 is 1.88 bits per heavy atom. The summed E-state index contributed by atoms with van der Waals surface area (Å²) < 4.78 is 14.9. The van der Waals surface area contributed by atoms with E-state index in [-0.39, 0.29) is 23.8 Å². The van der Waals surface area contributed by atoms with Gasteiger partial charge in [-0.3, -0.25) is 4.79 Å². The maximum Gasteiger partial charge on any atom is 0.254 e. The number of imidazole rings is 1. The molecule has 5 nitrogen and oxygen atoms in total. The molecule has 2 aromatic rings. The van der Waals surface area contributed by atoms with Crippen molar-refractivity contribution in [2.45, 2.75) is 43.4 Å². The second-order valence-corrected chi connectivity index (χ2v) is 6.91. The van der Waals surface area contributed by atoms with Gasteiger partial charge in [0.2, 0.25) is 0 Å². The molecule has 6 heteroatoms. The molecule has 2 saturated heterocycles. The minimum Gasteiger partial charge on any atom is -0.382 e. The topological polar surface area (TPSA) is 58.4 Å². The fraction of sp³-hybridized carbons (Fsp3) is 0.444. The molecule has 2 aliphatic rings. The Morgan fingerprint density at radius 3 is 2.42 bits per heavy atom. The lowest BCUT2D eigenvalue weighted by molar-refractivity contribution is -0.0555. The highest BCUT2D eigenvalue weighted by Crippen LogP contribution is 2.45. The average Bonchev–Trinajstić information content (AvgIpc) is 3.10. The van der Waals surface area contributed by atoms with E-state index in [9.17, 15) is 14.3 Å². The lowest BCUT2D eigenvalue weighted by Crippen LogP contribution is -2.52. The maximum atomic E-state index is 13.1. The van der Waals surface area contributed by atoms with Gasteiger partial charge in [0, 0.05) is 49.9 Å². The molecule has 3 heterocycles. The zero-order chi connectivity index (χ0) is 16.9. The molecular weight excluding hydrogens is 309 g/mol. The standard InChI is InChI=1S/C18H20FN3O2/c1-21-9-8-20-17(21)18(24)10-14-6-7-15(11-18)22(14)16(23)12-2-4-13(19)5-3-12/h2-5,8-9,14-15,24H,6-7,10-11H2,1H3. The predicted molar refractivity (Wildman–Crippen MR) is 85.7 cm³/mol. The van der Waals surface area contributed by atoms with Crippen molar-refractivity contribution in [2.24, 2.45) is 7.05 Å². The van der Waals surface area contributed by atoms with Crippen LogP contribution < -0.4 is 0 Å². The first kappa shape index (κ1) is 15.3. The summed E-state index contributed by atoms with van der Waals surface area (Å²) in [5.74, 6) is 0.231. The molecule has 126 valence electrons. The number of benzene rings is 1. The molecule has 0 spiro atoms. The van der Waals surface area contributed by atoms with E-state index in [1.807, 2.05) is 22.7 Å². The Bertz CT molecular complexity index is 757. The fourth-order valence-electron chi connectivity index (χ4n) is 4.29. The minimum atomic E-state index is -0.996. The van der Waals surface area contributed by atoms with Gasteiger partial charge >= 0.3 is 0 Å². The van der Waals surface area contributed by atoms with Crippen molar-refractivity contribution in [3.63, 3.8) is 0 Å². The highest BCUT2D eigenvalue weighted by atomic mass is 19.1. The van der Waals surface area contributed by atoms with E-state index in [4.69, 9.17) is 0 Å². The van der Waals surface area contributed by atoms with E-state index in [2.05, 4.69) is 4.98 Å². The summed E-state index contributed by atoms with van der Waals surface area (Å²) in [5.41, 5.74) is -0.500. The third-order valence-corrected chi connectivity index (χ3v) is 5.33. The number of aryl methyl sites for hydroxylation is 1. The van der Waals surface area contributed by atoms with E-state index in [1.54, 1.807) is 6.20 Å². The first-order valence-corrected chi connectivity index (χ1v) is 8.26. The smallest absolute Gasteiger partial charge is 0.254 e. The van der Waals surface area contributed by atoms with Crippen molar-refractivity contribution in [3.05, 3.63) is 53.9 Å². The van der Waals surface area contributed by atoms with Crippen LogP contribution in [0.3, 0.4) is 0 Å². The van der Waals surface area contributed by atoms with Gasteiger partial charge in [0.15, 0.2) is 0 Å². The van der Waals surface area contributed by atoms with Gasteiger partial charge < -0.3 is 14.6 Å². The van der Waals surface area contributed by atoms with E-state index in [0.29, 0.717) is 24.2 Å². The normalized spacial score (nSPS) is 29.0. The van der Waals surface area contributed by atoms with Crippen molar-refractivity contribution in [1.82, 2.24) is 14.5 Å². The van der Waals surface area contributed by atoms with Crippen molar-refractivity contribution in [2.75, 3.05) is 0 Å². The molecular formula is C18H20FN3O2. The van der Waals surface area contributed by atoms with Gasteiger partial charge in [-0.05, 0) is 37.1 Å². The molecule has 0 radical (unpaired) electrons. The number of halogens is 1. The number of aromatic nitrogens is 2. The molecule has 1 aromatic heterocycles. The molecule has 2 unspecified atom stereocenters. The molecule has 0 aliphatic carbocycles. The van der Waals surface area contributed by atoms with Crippen LogP contribution in [0.15, 0.2) is 36.7 Å². The average molecular weight is 329 g/mol. The van der Waals surface area contributed by atoms with Gasteiger partial charge in [0.1, 0.15) is 17.2 Å².